The van der Waals surface area contributed by atoms with Crippen LogP contribution < -0.4 is 10.6 Å². The van der Waals surface area contributed by atoms with E-state index in [0.717, 1.165) is 41.7 Å². The number of rotatable bonds is 10. The SMILES string of the molecule is CC(C)c1cnnc(Nc2ccc3ncc(/C(C=N)=C/NCCCN4CC(F)C4)cc3n2)c1. The van der Waals surface area contributed by atoms with Crippen molar-refractivity contribution in [3.05, 3.63) is 54.0 Å². The maximum absolute atomic E-state index is 12.9. The summed E-state index contributed by atoms with van der Waals surface area (Å²) in [6.07, 6.45) is 6.89. The number of hydrogen-bond donors (Lipinski definition) is 3. The second kappa shape index (κ2) is 10.4. The molecule has 0 unspecified atom stereocenters. The number of likely N-dealkylation sites (tertiary alicyclic amines) is 1. The average molecular weight is 449 g/mol. The maximum atomic E-state index is 12.9. The molecular weight excluding hydrogens is 419 g/mol. The highest BCUT2D eigenvalue weighted by molar-refractivity contribution is 6.08. The molecule has 3 N–H and O–H groups in total. The molecule has 33 heavy (non-hydrogen) atoms. The van der Waals surface area contributed by atoms with Crippen LogP contribution in [0.5, 0.6) is 0 Å². The van der Waals surface area contributed by atoms with Gasteiger partial charge in [0.25, 0.3) is 0 Å². The molecule has 0 saturated carbocycles. The standard InChI is InChI=1S/C24H29FN8/c1-16(2)17-9-24(32-29-13-17)31-23-5-4-21-22(30-23)8-18(12-28-21)19(10-26)11-27-6-3-7-33-14-20(25)15-33/h4-5,8-13,16,20,26-27H,3,6-7,14-15H2,1-2H3,(H,30,31,32)/b19-11+,26-10?. The lowest BCUT2D eigenvalue weighted by Gasteiger charge is -2.34. The van der Waals surface area contributed by atoms with Gasteiger partial charge in [-0.05, 0) is 42.2 Å². The highest BCUT2D eigenvalue weighted by atomic mass is 19.1. The Morgan fingerprint density at radius 3 is 2.82 bits per heavy atom. The Labute approximate surface area is 192 Å². The number of pyridine rings is 2. The Morgan fingerprint density at radius 1 is 1.21 bits per heavy atom. The molecule has 0 aliphatic carbocycles. The predicted molar refractivity (Wildman–Crippen MR) is 130 cm³/mol. The van der Waals surface area contributed by atoms with Crippen molar-refractivity contribution in [2.45, 2.75) is 32.4 Å². The molecule has 1 fully saturated rings. The Bertz CT molecular complexity index is 1140. The topological polar surface area (TPSA) is 103 Å². The van der Waals surface area contributed by atoms with Crippen molar-refractivity contribution in [3.63, 3.8) is 0 Å². The van der Waals surface area contributed by atoms with Crippen LogP contribution in [0.2, 0.25) is 0 Å². The summed E-state index contributed by atoms with van der Waals surface area (Å²) in [7, 11) is 0. The molecule has 8 nitrogen and oxygen atoms in total. The van der Waals surface area contributed by atoms with Crippen molar-refractivity contribution >= 4 is 34.5 Å². The largest absolute Gasteiger partial charge is 0.390 e. The van der Waals surface area contributed by atoms with Crippen molar-refractivity contribution in [3.8, 4) is 0 Å². The molecule has 0 bridgehead atoms. The summed E-state index contributed by atoms with van der Waals surface area (Å²) >= 11 is 0. The van der Waals surface area contributed by atoms with Crippen LogP contribution in [-0.2, 0) is 0 Å². The van der Waals surface area contributed by atoms with Crippen LogP contribution in [0.15, 0.2) is 42.9 Å². The molecule has 9 heteroatoms. The zero-order valence-corrected chi connectivity index (χ0v) is 18.9. The van der Waals surface area contributed by atoms with Gasteiger partial charge in [-0.15, -0.1) is 5.10 Å². The first-order chi connectivity index (χ1) is 16.0. The molecule has 4 heterocycles. The van der Waals surface area contributed by atoms with Gasteiger partial charge in [0.2, 0.25) is 0 Å². The van der Waals surface area contributed by atoms with E-state index < -0.39 is 6.17 Å². The number of alkyl halides is 1. The Hall–Kier alpha value is -3.46. The molecule has 4 rings (SSSR count). The van der Waals surface area contributed by atoms with Crippen molar-refractivity contribution < 1.29 is 4.39 Å². The number of anilines is 2. The summed E-state index contributed by atoms with van der Waals surface area (Å²) in [5.74, 6) is 1.65. The lowest BCUT2D eigenvalue weighted by atomic mass is 10.1. The Morgan fingerprint density at radius 2 is 2.06 bits per heavy atom. The third-order valence-electron chi connectivity index (χ3n) is 5.59. The zero-order valence-electron chi connectivity index (χ0n) is 18.9. The highest BCUT2D eigenvalue weighted by Gasteiger charge is 2.24. The fourth-order valence-electron chi connectivity index (χ4n) is 3.61. The van der Waals surface area contributed by atoms with Crippen LogP contribution in [0.1, 0.15) is 37.3 Å². The number of nitrogens with zero attached hydrogens (tertiary/aromatic N) is 5. The van der Waals surface area contributed by atoms with Gasteiger partial charge in [0.05, 0.1) is 17.2 Å². The average Bonchev–Trinajstić information content (AvgIpc) is 2.79. The van der Waals surface area contributed by atoms with Gasteiger partial charge in [-0.1, -0.05) is 13.8 Å². The Balaban J connectivity index is 1.43. The predicted octanol–water partition coefficient (Wildman–Crippen LogP) is 3.91. The van der Waals surface area contributed by atoms with Gasteiger partial charge in [0.1, 0.15) is 12.0 Å². The highest BCUT2D eigenvalue weighted by Crippen LogP contribution is 2.21. The summed E-state index contributed by atoms with van der Waals surface area (Å²) in [4.78, 5) is 11.3. The van der Waals surface area contributed by atoms with Crippen LogP contribution in [0.3, 0.4) is 0 Å². The van der Waals surface area contributed by atoms with E-state index >= 15 is 0 Å². The first-order valence-electron chi connectivity index (χ1n) is 11.2. The van der Waals surface area contributed by atoms with Crippen molar-refractivity contribution in [2.75, 3.05) is 31.5 Å². The summed E-state index contributed by atoms with van der Waals surface area (Å²) in [6, 6.07) is 7.65. The first kappa shape index (κ1) is 22.7. The van der Waals surface area contributed by atoms with E-state index in [0.29, 0.717) is 36.2 Å². The van der Waals surface area contributed by atoms with Crippen LogP contribution in [0.4, 0.5) is 16.0 Å². The lowest BCUT2D eigenvalue weighted by molar-refractivity contribution is 0.0652. The van der Waals surface area contributed by atoms with Crippen LogP contribution >= 0.6 is 0 Å². The number of nitrogens with one attached hydrogen (secondary N) is 3. The second-order valence-electron chi connectivity index (χ2n) is 8.52. The number of fused-ring (bicyclic) bond motifs is 1. The van der Waals surface area contributed by atoms with Gasteiger partial charge in [0, 0.05) is 55.9 Å². The number of halogens is 1. The van der Waals surface area contributed by atoms with Gasteiger partial charge in [0.15, 0.2) is 5.82 Å². The molecule has 1 aliphatic rings. The molecule has 0 spiro atoms. The van der Waals surface area contributed by atoms with Crippen molar-refractivity contribution in [1.29, 1.82) is 5.41 Å². The smallest absolute Gasteiger partial charge is 0.154 e. The molecule has 1 saturated heterocycles. The van der Waals surface area contributed by atoms with Crippen LogP contribution in [0, 0.1) is 5.41 Å². The van der Waals surface area contributed by atoms with E-state index in [1.165, 1.54) is 6.21 Å². The van der Waals surface area contributed by atoms with E-state index in [4.69, 9.17) is 5.41 Å². The molecule has 0 aromatic carbocycles. The van der Waals surface area contributed by atoms with Gasteiger partial charge in [-0.25, -0.2) is 9.37 Å². The minimum atomic E-state index is -0.662. The molecular formula is C24H29FN8. The second-order valence-corrected chi connectivity index (χ2v) is 8.52. The molecule has 3 aromatic rings. The third-order valence-corrected chi connectivity index (χ3v) is 5.59. The molecule has 0 radical (unpaired) electrons. The first-order valence-corrected chi connectivity index (χ1v) is 11.2. The molecule has 0 amide bonds. The zero-order chi connectivity index (χ0) is 23.2. The van der Waals surface area contributed by atoms with E-state index in [2.05, 4.69) is 49.5 Å². The normalized spacial score (nSPS) is 15.0. The fraction of sp³-hybridized carbons (Fsp3) is 0.375. The van der Waals surface area contributed by atoms with Crippen LogP contribution in [-0.4, -0.2) is 63.6 Å². The number of allylic oxidation sites excluding steroid dienone is 1. The van der Waals surface area contributed by atoms with E-state index in [1.807, 2.05) is 30.5 Å². The fourth-order valence-corrected chi connectivity index (χ4v) is 3.61. The van der Waals surface area contributed by atoms with Gasteiger partial charge in [-0.3, -0.25) is 9.88 Å². The van der Waals surface area contributed by atoms with Crippen molar-refractivity contribution in [1.82, 2.24) is 30.4 Å². The number of hydrogen-bond acceptors (Lipinski definition) is 8. The summed E-state index contributed by atoms with van der Waals surface area (Å²) < 4.78 is 12.9. The van der Waals surface area contributed by atoms with E-state index in [1.54, 1.807) is 12.4 Å². The van der Waals surface area contributed by atoms with Gasteiger partial charge < -0.3 is 16.0 Å². The minimum Gasteiger partial charge on any atom is -0.390 e. The summed E-state index contributed by atoms with van der Waals surface area (Å²) in [5, 5.41) is 22.5. The van der Waals surface area contributed by atoms with E-state index in [-0.39, 0.29) is 0 Å². The monoisotopic (exact) mass is 448 g/mol. The van der Waals surface area contributed by atoms with Crippen molar-refractivity contribution in [2.24, 2.45) is 0 Å². The molecule has 172 valence electrons. The number of aromatic nitrogens is 4. The quantitative estimate of drug-likeness (QED) is 0.319. The summed E-state index contributed by atoms with van der Waals surface area (Å²) in [5.41, 5.74) is 4.11. The Kier molecular flexibility index (Phi) is 7.19. The maximum Gasteiger partial charge on any atom is 0.154 e. The summed E-state index contributed by atoms with van der Waals surface area (Å²) in [6.45, 7) is 6.95. The van der Waals surface area contributed by atoms with Crippen LogP contribution in [0.25, 0.3) is 16.6 Å². The molecule has 3 aromatic heterocycles. The minimum absolute atomic E-state index is 0.357. The third kappa shape index (κ3) is 5.87. The van der Waals surface area contributed by atoms with Gasteiger partial charge in [-0.2, -0.15) is 5.10 Å². The lowest BCUT2D eigenvalue weighted by Crippen LogP contribution is -2.48. The van der Waals surface area contributed by atoms with E-state index in [9.17, 15) is 4.39 Å². The molecule has 0 atom stereocenters. The molecule has 1 aliphatic heterocycles. The van der Waals surface area contributed by atoms with Gasteiger partial charge >= 0.3 is 0 Å².